The maximum absolute atomic E-state index is 12.3. The van der Waals surface area contributed by atoms with Crippen LogP contribution < -0.4 is 5.32 Å². The molecule has 0 aliphatic carbocycles. The second-order valence-corrected chi connectivity index (χ2v) is 5.96. The van der Waals surface area contributed by atoms with Crippen molar-refractivity contribution in [1.29, 1.82) is 0 Å². The van der Waals surface area contributed by atoms with E-state index < -0.39 is 0 Å². The zero-order chi connectivity index (χ0) is 15.8. The van der Waals surface area contributed by atoms with Crippen molar-refractivity contribution >= 4 is 12.4 Å². The molecule has 0 saturated carbocycles. The molecule has 3 heterocycles. The molecule has 3 saturated heterocycles. The number of hydrogen-bond donors (Lipinski definition) is 2. The maximum Gasteiger partial charge on any atom is 0.290 e. The molecular weight excluding hydrogens is 288 g/mol. The number of carboxylic acid groups (broad SMARTS) is 1. The fourth-order valence-electron chi connectivity index (χ4n) is 3.37. The van der Waals surface area contributed by atoms with Gasteiger partial charge in [0.05, 0.1) is 25.3 Å². The summed E-state index contributed by atoms with van der Waals surface area (Å²) in [5.74, 6) is 0.330. The van der Waals surface area contributed by atoms with E-state index in [1.54, 1.807) is 0 Å². The molecule has 0 bridgehead atoms. The Morgan fingerprint density at radius 2 is 1.77 bits per heavy atom. The molecule has 0 aromatic carbocycles. The SMILES string of the molecule is O=C(N[C@H]1COC[C@@H]1N1CCCC1)C1CCOCC1.O=CO. The van der Waals surface area contributed by atoms with Crippen LogP contribution in [0.4, 0.5) is 0 Å². The molecule has 0 spiro atoms. The van der Waals surface area contributed by atoms with Crippen LogP contribution >= 0.6 is 0 Å². The molecule has 0 unspecified atom stereocenters. The summed E-state index contributed by atoms with van der Waals surface area (Å²) in [6.45, 7) is 4.91. The van der Waals surface area contributed by atoms with Crippen molar-refractivity contribution < 1.29 is 24.2 Å². The van der Waals surface area contributed by atoms with Gasteiger partial charge < -0.3 is 19.9 Å². The number of likely N-dealkylation sites (tertiary alicyclic amines) is 1. The first-order valence-electron chi connectivity index (χ1n) is 8.04. The number of ether oxygens (including phenoxy) is 2. The Hall–Kier alpha value is -1.18. The minimum atomic E-state index is -0.250. The van der Waals surface area contributed by atoms with Gasteiger partial charge in [0, 0.05) is 19.1 Å². The van der Waals surface area contributed by atoms with Gasteiger partial charge in [0.25, 0.3) is 6.47 Å². The van der Waals surface area contributed by atoms with Crippen LogP contribution in [0.5, 0.6) is 0 Å². The highest BCUT2D eigenvalue weighted by Gasteiger charge is 2.36. The summed E-state index contributed by atoms with van der Waals surface area (Å²) in [4.78, 5) is 23.1. The first-order valence-corrected chi connectivity index (χ1v) is 8.04. The Morgan fingerprint density at radius 3 is 2.41 bits per heavy atom. The summed E-state index contributed by atoms with van der Waals surface area (Å²) in [6, 6.07) is 0.555. The van der Waals surface area contributed by atoms with E-state index in [4.69, 9.17) is 19.4 Å². The molecule has 0 radical (unpaired) electrons. The highest BCUT2D eigenvalue weighted by atomic mass is 16.5. The third-order valence-corrected chi connectivity index (χ3v) is 4.58. The van der Waals surface area contributed by atoms with E-state index in [0.717, 1.165) is 45.8 Å². The highest BCUT2D eigenvalue weighted by molar-refractivity contribution is 5.79. The molecule has 22 heavy (non-hydrogen) atoms. The van der Waals surface area contributed by atoms with Crippen molar-refractivity contribution in [3.05, 3.63) is 0 Å². The number of carbonyl (C=O) groups is 2. The number of rotatable bonds is 3. The Bertz CT molecular complexity index is 354. The predicted molar refractivity (Wildman–Crippen MR) is 79.6 cm³/mol. The van der Waals surface area contributed by atoms with Gasteiger partial charge in [0.1, 0.15) is 0 Å². The summed E-state index contributed by atoms with van der Waals surface area (Å²) in [6.07, 6.45) is 4.26. The summed E-state index contributed by atoms with van der Waals surface area (Å²) in [5.41, 5.74) is 0. The Labute approximate surface area is 130 Å². The molecular formula is C15H26N2O5. The van der Waals surface area contributed by atoms with Gasteiger partial charge in [-0.05, 0) is 38.8 Å². The minimum absolute atomic E-state index is 0.133. The van der Waals surface area contributed by atoms with Gasteiger partial charge in [-0.15, -0.1) is 0 Å². The standard InChI is InChI=1S/C14H24N2O3.CH2O2/c17-14(11-3-7-18-8-4-11)15-12-9-19-10-13(12)16-5-1-2-6-16;2-1-3/h11-13H,1-10H2,(H,15,17);1H,(H,2,3)/t12-,13-;/m0./s1. The molecule has 2 N–H and O–H groups in total. The van der Waals surface area contributed by atoms with Crippen LogP contribution in [0.25, 0.3) is 0 Å². The molecule has 3 rings (SSSR count). The molecule has 126 valence electrons. The maximum atomic E-state index is 12.3. The normalized spacial score (nSPS) is 29.6. The lowest BCUT2D eigenvalue weighted by atomic mass is 9.98. The topological polar surface area (TPSA) is 88.1 Å². The number of hydrogen-bond acceptors (Lipinski definition) is 5. The second kappa shape index (κ2) is 9.07. The van der Waals surface area contributed by atoms with E-state index in [0.29, 0.717) is 12.6 Å². The Morgan fingerprint density at radius 1 is 1.14 bits per heavy atom. The first-order chi connectivity index (χ1) is 10.8. The van der Waals surface area contributed by atoms with Gasteiger partial charge >= 0.3 is 0 Å². The molecule has 0 aromatic rings. The van der Waals surface area contributed by atoms with Gasteiger partial charge in [-0.2, -0.15) is 0 Å². The summed E-state index contributed by atoms with van der Waals surface area (Å²) in [5, 5.41) is 10.1. The van der Waals surface area contributed by atoms with Crippen LogP contribution in [-0.2, 0) is 19.1 Å². The fraction of sp³-hybridized carbons (Fsp3) is 0.867. The zero-order valence-electron chi connectivity index (χ0n) is 12.9. The van der Waals surface area contributed by atoms with E-state index in [9.17, 15) is 4.79 Å². The van der Waals surface area contributed by atoms with Crippen LogP contribution in [0, 0.1) is 5.92 Å². The molecule has 2 atom stereocenters. The van der Waals surface area contributed by atoms with E-state index in [2.05, 4.69) is 10.2 Å². The highest BCUT2D eigenvalue weighted by Crippen LogP contribution is 2.21. The Kier molecular flexibility index (Phi) is 7.08. The Balaban J connectivity index is 0.000000545. The first kappa shape index (κ1) is 17.2. The van der Waals surface area contributed by atoms with Crippen molar-refractivity contribution in [2.24, 2.45) is 5.92 Å². The van der Waals surface area contributed by atoms with Crippen molar-refractivity contribution in [2.75, 3.05) is 39.5 Å². The zero-order valence-corrected chi connectivity index (χ0v) is 12.9. The van der Waals surface area contributed by atoms with Crippen LogP contribution in [0.1, 0.15) is 25.7 Å². The molecule has 7 nitrogen and oxygen atoms in total. The predicted octanol–water partition coefficient (Wildman–Crippen LogP) is 0.0932. The fourth-order valence-corrected chi connectivity index (χ4v) is 3.37. The van der Waals surface area contributed by atoms with E-state index >= 15 is 0 Å². The van der Waals surface area contributed by atoms with Crippen molar-refractivity contribution in [3.63, 3.8) is 0 Å². The third-order valence-electron chi connectivity index (χ3n) is 4.58. The lowest BCUT2D eigenvalue weighted by Crippen LogP contribution is -2.51. The summed E-state index contributed by atoms with van der Waals surface area (Å²) in [7, 11) is 0. The molecule has 1 amide bonds. The molecule has 3 aliphatic rings. The van der Waals surface area contributed by atoms with Gasteiger partial charge in [0.15, 0.2) is 0 Å². The largest absolute Gasteiger partial charge is 0.483 e. The van der Waals surface area contributed by atoms with Crippen molar-refractivity contribution in [2.45, 2.75) is 37.8 Å². The average molecular weight is 314 g/mol. The summed E-state index contributed by atoms with van der Waals surface area (Å²) < 4.78 is 10.9. The van der Waals surface area contributed by atoms with Crippen molar-refractivity contribution in [1.82, 2.24) is 10.2 Å². The van der Waals surface area contributed by atoms with E-state index in [1.165, 1.54) is 12.8 Å². The summed E-state index contributed by atoms with van der Waals surface area (Å²) >= 11 is 0. The van der Waals surface area contributed by atoms with Crippen LogP contribution in [0.2, 0.25) is 0 Å². The van der Waals surface area contributed by atoms with Gasteiger partial charge in [-0.3, -0.25) is 14.5 Å². The molecule has 7 heteroatoms. The molecule has 0 aromatic heterocycles. The van der Waals surface area contributed by atoms with E-state index in [-0.39, 0.29) is 24.3 Å². The molecule has 3 fully saturated rings. The van der Waals surface area contributed by atoms with Crippen LogP contribution in [0.15, 0.2) is 0 Å². The lowest BCUT2D eigenvalue weighted by molar-refractivity contribution is -0.129. The average Bonchev–Trinajstić information content (AvgIpc) is 3.19. The number of nitrogens with one attached hydrogen (secondary N) is 1. The number of nitrogens with zero attached hydrogens (tertiary/aromatic N) is 1. The van der Waals surface area contributed by atoms with E-state index in [1.807, 2.05) is 0 Å². The second-order valence-electron chi connectivity index (χ2n) is 5.96. The number of carbonyl (C=O) groups excluding carboxylic acids is 1. The van der Waals surface area contributed by atoms with Crippen LogP contribution in [0.3, 0.4) is 0 Å². The van der Waals surface area contributed by atoms with Crippen LogP contribution in [-0.4, -0.2) is 74.0 Å². The smallest absolute Gasteiger partial charge is 0.290 e. The van der Waals surface area contributed by atoms with Gasteiger partial charge in [-0.1, -0.05) is 0 Å². The lowest BCUT2D eigenvalue weighted by Gasteiger charge is -2.29. The van der Waals surface area contributed by atoms with Gasteiger partial charge in [-0.25, -0.2) is 0 Å². The quantitative estimate of drug-likeness (QED) is 0.718. The molecule has 3 aliphatic heterocycles. The third kappa shape index (κ3) is 4.66. The number of amides is 1. The van der Waals surface area contributed by atoms with Crippen molar-refractivity contribution in [3.8, 4) is 0 Å². The van der Waals surface area contributed by atoms with Gasteiger partial charge in [0.2, 0.25) is 5.91 Å². The minimum Gasteiger partial charge on any atom is -0.483 e. The monoisotopic (exact) mass is 314 g/mol.